The van der Waals surface area contributed by atoms with Gasteiger partial charge in [0.1, 0.15) is 5.75 Å². The first-order chi connectivity index (χ1) is 16.0. The molecular weight excluding hydrogens is 418 g/mol. The van der Waals surface area contributed by atoms with Gasteiger partial charge in [-0.15, -0.1) is 0 Å². The van der Waals surface area contributed by atoms with Crippen LogP contribution in [0.15, 0.2) is 48.8 Å². The molecule has 1 saturated heterocycles. The first kappa shape index (κ1) is 22.9. The molecule has 2 aromatic heterocycles. The molecule has 1 fully saturated rings. The second-order valence-corrected chi connectivity index (χ2v) is 8.63. The Balaban J connectivity index is 1.43. The van der Waals surface area contributed by atoms with Crippen molar-refractivity contribution in [3.05, 3.63) is 60.0 Å². The van der Waals surface area contributed by atoms with Gasteiger partial charge in [-0.2, -0.15) is 0 Å². The minimum absolute atomic E-state index is 0.167. The van der Waals surface area contributed by atoms with Gasteiger partial charge in [0.25, 0.3) is 5.91 Å². The number of nitrogens with zero attached hydrogens (tertiary/aromatic N) is 3. The first-order valence-electron chi connectivity index (χ1n) is 11.4. The van der Waals surface area contributed by atoms with Crippen molar-refractivity contribution < 1.29 is 14.6 Å². The number of benzene rings is 1. The predicted octanol–water partition coefficient (Wildman–Crippen LogP) is 2.43. The van der Waals surface area contributed by atoms with Crippen LogP contribution in [0, 0.1) is 6.92 Å². The Bertz CT molecular complexity index is 1120. The standard InChI is InChI=1S/C25H31N5O3/c1-18-13-23(21-15-27-10-7-22(21)29-18)30-11-3-8-25(32,17-30)16-28-24(31)19-5-2-6-20(14-19)33-12-4-9-26/h2,5-7,10,13-15,32H,3-4,8-9,11-12,16-17,26H2,1H3,(H,28,31)/t25-/m0/s1. The van der Waals surface area contributed by atoms with Crippen LogP contribution in [0.2, 0.25) is 0 Å². The third kappa shape index (κ3) is 5.58. The molecule has 4 N–H and O–H groups in total. The van der Waals surface area contributed by atoms with E-state index in [4.69, 9.17) is 10.5 Å². The largest absolute Gasteiger partial charge is 0.494 e. The molecule has 1 aliphatic rings. The number of rotatable bonds is 8. The number of amides is 1. The molecule has 1 amide bonds. The fourth-order valence-electron chi connectivity index (χ4n) is 4.25. The number of nitrogens with one attached hydrogen (secondary N) is 1. The van der Waals surface area contributed by atoms with E-state index < -0.39 is 5.60 Å². The Labute approximate surface area is 193 Å². The van der Waals surface area contributed by atoms with Crippen molar-refractivity contribution in [2.45, 2.75) is 31.8 Å². The molecule has 0 bridgehead atoms. The molecule has 3 aromatic rings. The quantitative estimate of drug-likeness (QED) is 0.453. The Hall–Kier alpha value is -3.23. The molecule has 8 nitrogen and oxygen atoms in total. The SMILES string of the molecule is Cc1cc(N2CCC[C@](O)(CNC(=O)c3cccc(OCCCN)c3)C2)c2cnccc2n1. The molecular formula is C25H31N5O3. The zero-order valence-corrected chi connectivity index (χ0v) is 19.0. The number of β-amino-alcohol motifs (C(OH)–C–C–N with tert-alkyl or cyclic N) is 1. The summed E-state index contributed by atoms with van der Waals surface area (Å²) in [7, 11) is 0. The average Bonchev–Trinajstić information content (AvgIpc) is 2.82. The van der Waals surface area contributed by atoms with E-state index in [9.17, 15) is 9.90 Å². The topological polar surface area (TPSA) is 114 Å². The van der Waals surface area contributed by atoms with Crippen molar-refractivity contribution in [2.75, 3.05) is 37.7 Å². The summed E-state index contributed by atoms with van der Waals surface area (Å²) in [6, 6.07) is 11.0. The number of hydrogen-bond donors (Lipinski definition) is 3. The Morgan fingerprint density at radius 3 is 3.06 bits per heavy atom. The number of aryl methyl sites for hydroxylation is 1. The molecule has 8 heteroatoms. The van der Waals surface area contributed by atoms with Gasteiger partial charge in [-0.25, -0.2) is 0 Å². The summed E-state index contributed by atoms with van der Waals surface area (Å²) in [5, 5.41) is 15.2. The minimum Gasteiger partial charge on any atom is -0.494 e. The van der Waals surface area contributed by atoms with Crippen LogP contribution in [-0.4, -0.2) is 59.4 Å². The van der Waals surface area contributed by atoms with Crippen LogP contribution in [0.4, 0.5) is 5.69 Å². The summed E-state index contributed by atoms with van der Waals surface area (Å²) in [6.45, 7) is 4.44. The Kier molecular flexibility index (Phi) is 7.05. The highest BCUT2D eigenvalue weighted by atomic mass is 16.5. The number of anilines is 1. The van der Waals surface area contributed by atoms with E-state index >= 15 is 0 Å². The fourth-order valence-corrected chi connectivity index (χ4v) is 4.25. The maximum atomic E-state index is 12.8. The van der Waals surface area contributed by atoms with Gasteiger partial charge < -0.3 is 25.8 Å². The highest BCUT2D eigenvalue weighted by Gasteiger charge is 2.34. The van der Waals surface area contributed by atoms with E-state index in [0.29, 0.717) is 37.4 Å². The first-order valence-corrected chi connectivity index (χ1v) is 11.4. The van der Waals surface area contributed by atoms with Crippen LogP contribution < -0.4 is 20.7 Å². The van der Waals surface area contributed by atoms with Crippen LogP contribution in [0.25, 0.3) is 10.9 Å². The van der Waals surface area contributed by atoms with E-state index in [0.717, 1.165) is 41.7 Å². The number of pyridine rings is 2. The molecule has 4 rings (SSSR count). The summed E-state index contributed by atoms with van der Waals surface area (Å²) >= 11 is 0. The highest BCUT2D eigenvalue weighted by molar-refractivity contribution is 5.94. The number of piperidine rings is 1. The molecule has 1 aliphatic heterocycles. The third-order valence-corrected chi connectivity index (χ3v) is 5.90. The summed E-state index contributed by atoms with van der Waals surface area (Å²) in [5.41, 5.74) is 7.78. The van der Waals surface area contributed by atoms with Crippen molar-refractivity contribution in [1.82, 2.24) is 15.3 Å². The van der Waals surface area contributed by atoms with Gasteiger partial charge in [-0.3, -0.25) is 14.8 Å². The third-order valence-electron chi connectivity index (χ3n) is 5.90. The van der Waals surface area contributed by atoms with Crippen LogP contribution in [0.3, 0.4) is 0 Å². The average molecular weight is 450 g/mol. The van der Waals surface area contributed by atoms with Gasteiger partial charge in [0, 0.05) is 54.4 Å². The van der Waals surface area contributed by atoms with Crippen LogP contribution >= 0.6 is 0 Å². The second kappa shape index (κ2) is 10.1. The number of ether oxygens (including phenoxy) is 1. The van der Waals surface area contributed by atoms with E-state index in [1.54, 1.807) is 24.4 Å². The van der Waals surface area contributed by atoms with E-state index in [-0.39, 0.29) is 12.5 Å². The van der Waals surface area contributed by atoms with Crippen molar-refractivity contribution >= 4 is 22.5 Å². The minimum atomic E-state index is -1.03. The predicted molar refractivity (Wildman–Crippen MR) is 129 cm³/mol. The molecule has 0 radical (unpaired) electrons. The number of aliphatic hydroxyl groups is 1. The maximum absolute atomic E-state index is 12.8. The van der Waals surface area contributed by atoms with E-state index in [1.807, 2.05) is 31.3 Å². The zero-order chi connectivity index (χ0) is 23.3. The molecule has 0 aliphatic carbocycles. The summed E-state index contributed by atoms with van der Waals surface area (Å²) in [4.78, 5) is 23.8. The lowest BCUT2D eigenvalue weighted by Crippen LogP contribution is -2.54. The summed E-state index contributed by atoms with van der Waals surface area (Å²) < 4.78 is 5.63. The smallest absolute Gasteiger partial charge is 0.251 e. The molecule has 0 unspecified atom stereocenters. The molecule has 0 saturated carbocycles. The molecule has 1 atom stereocenters. The number of carbonyl (C=O) groups excluding carboxylic acids is 1. The van der Waals surface area contributed by atoms with E-state index in [1.165, 1.54) is 0 Å². The van der Waals surface area contributed by atoms with E-state index in [2.05, 4.69) is 20.2 Å². The second-order valence-electron chi connectivity index (χ2n) is 8.63. The Morgan fingerprint density at radius 1 is 1.33 bits per heavy atom. The number of fused-ring (bicyclic) bond motifs is 1. The zero-order valence-electron chi connectivity index (χ0n) is 19.0. The van der Waals surface area contributed by atoms with Crippen molar-refractivity contribution in [2.24, 2.45) is 5.73 Å². The maximum Gasteiger partial charge on any atom is 0.251 e. The van der Waals surface area contributed by atoms with Gasteiger partial charge in [-0.1, -0.05) is 6.07 Å². The van der Waals surface area contributed by atoms with Gasteiger partial charge >= 0.3 is 0 Å². The lowest BCUT2D eigenvalue weighted by Gasteiger charge is -2.41. The van der Waals surface area contributed by atoms with Gasteiger partial charge in [-0.05, 0) is 63.1 Å². The van der Waals surface area contributed by atoms with Crippen molar-refractivity contribution in [1.29, 1.82) is 0 Å². The van der Waals surface area contributed by atoms with Gasteiger partial charge in [0.2, 0.25) is 0 Å². The summed E-state index contributed by atoms with van der Waals surface area (Å²) in [6.07, 6.45) is 5.74. The monoisotopic (exact) mass is 449 g/mol. The van der Waals surface area contributed by atoms with Gasteiger partial charge in [0.05, 0.1) is 17.7 Å². The van der Waals surface area contributed by atoms with Crippen LogP contribution in [0.1, 0.15) is 35.3 Å². The fraction of sp³-hybridized carbons (Fsp3) is 0.400. The molecule has 33 heavy (non-hydrogen) atoms. The number of nitrogens with two attached hydrogens (primary N) is 1. The van der Waals surface area contributed by atoms with Crippen molar-refractivity contribution in [3.8, 4) is 5.75 Å². The molecule has 174 valence electrons. The molecule has 3 heterocycles. The number of hydrogen-bond acceptors (Lipinski definition) is 7. The molecule has 1 aromatic carbocycles. The normalized spacial score (nSPS) is 18.3. The Morgan fingerprint density at radius 2 is 2.21 bits per heavy atom. The molecule has 0 spiro atoms. The summed E-state index contributed by atoms with van der Waals surface area (Å²) in [5.74, 6) is 0.395. The lowest BCUT2D eigenvalue weighted by atomic mass is 9.92. The number of carbonyl (C=O) groups is 1. The highest BCUT2D eigenvalue weighted by Crippen LogP contribution is 2.31. The van der Waals surface area contributed by atoms with Gasteiger partial charge in [0.15, 0.2) is 0 Å². The lowest BCUT2D eigenvalue weighted by molar-refractivity contribution is 0.0257. The van der Waals surface area contributed by atoms with Crippen LogP contribution in [0.5, 0.6) is 5.75 Å². The van der Waals surface area contributed by atoms with Crippen LogP contribution in [-0.2, 0) is 0 Å². The van der Waals surface area contributed by atoms with Crippen molar-refractivity contribution in [3.63, 3.8) is 0 Å². The number of aromatic nitrogens is 2.